The first-order valence-electron chi connectivity index (χ1n) is 2.73. The van der Waals surface area contributed by atoms with E-state index in [9.17, 15) is 0 Å². The molecule has 0 bridgehead atoms. The molecule has 0 aliphatic rings. The predicted octanol–water partition coefficient (Wildman–Crippen LogP) is 0.536. The van der Waals surface area contributed by atoms with Gasteiger partial charge in [0.05, 0.1) is 6.20 Å². The van der Waals surface area contributed by atoms with Crippen molar-refractivity contribution in [1.29, 1.82) is 5.41 Å². The van der Waals surface area contributed by atoms with Gasteiger partial charge in [0.1, 0.15) is 0 Å². The van der Waals surface area contributed by atoms with Crippen LogP contribution >= 0.6 is 11.8 Å². The summed E-state index contributed by atoms with van der Waals surface area (Å²) in [6.45, 7) is 0. The zero-order chi connectivity index (χ0) is 7.40. The molecule has 10 heavy (non-hydrogen) atoms. The van der Waals surface area contributed by atoms with Gasteiger partial charge in [-0.2, -0.15) is 5.10 Å². The van der Waals surface area contributed by atoms with Crippen LogP contribution in [-0.4, -0.2) is 15.4 Å². The molecule has 0 fully saturated rings. The van der Waals surface area contributed by atoms with E-state index in [1.54, 1.807) is 12.4 Å². The molecule has 0 radical (unpaired) electrons. The molecule has 1 heterocycles. The van der Waals surface area contributed by atoms with Crippen molar-refractivity contribution < 1.29 is 0 Å². The van der Waals surface area contributed by atoms with Gasteiger partial charge in [-0.05, 0) is 0 Å². The SMILES string of the molecule is N=C(N)SCc1cn[nH]c1. The Bertz CT molecular complexity index is 205. The molecule has 0 saturated carbocycles. The van der Waals surface area contributed by atoms with Gasteiger partial charge in [-0.3, -0.25) is 10.5 Å². The van der Waals surface area contributed by atoms with Crippen LogP contribution in [0.15, 0.2) is 12.4 Å². The van der Waals surface area contributed by atoms with Crippen molar-refractivity contribution in [2.75, 3.05) is 0 Å². The van der Waals surface area contributed by atoms with Gasteiger partial charge in [-0.25, -0.2) is 0 Å². The number of amidine groups is 1. The second-order valence-electron chi connectivity index (χ2n) is 1.76. The Morgan fingerprint density at radius 1 is 1.90 bits per heavy atom. The molecule has 0 aromatic carbocycles. The van der Waals surface area contributed by atoms with Gasteiger partial charge < -0.3 is 5.73 Å². The predicted molar refractivity (Wildman–Crippen MR) is 41.8 cm³/mol. The fraction of sp³-hybridized carbons (Fsp3) is 0.200. The van der Waals surface area contributed by atoms with Crippen LogP contribution in [-0.2, 0) is 5.75 Å². The summed E-state index contributed by atoms with van der Waals surface area (Å²) in [5, 5.41) is 13.5. The first kappa shape index (κ1) is 7.14. The van der Waals surface area contributed by atoms with Crippen molar-refractivity contribution in [1.82, 2.24) is 10.2 Å². The van der Waals surface area contributed by atoms with Crippen molar-refractivity contribution in [2.45, 2.75) is 5.75 Å². The summed E-state index contributed by atoms with van der Waals surface area (Å²) in [7, 11) is 0. The fourth-order valence-electron chi connectivity index (χ4n) is 0.518. The van der Waals surface area contributed by atoms with E-state index in [-0.39, 0.29) is 5.17 Å². The number of hydrogen-bond acceptors (Lipinski definition) is 3. The molecule has 0 amide bonds. The van der Waals surface area contributed by atoms with Gasteiger partial charge in [0, 0.05) is 17.5 Å². The van der Waals surface area contributed by atoms with E-state index < -0.39 is 0 Å². The summed E-state index contributed by atoms with van der Waals surface area (Å²) in [5.74, 6) is 0.714. The third-order valence-corrected chi connectivity index (χ3v) is 1.74. The number of hydrogen-bond donors (Lipinski definition) is 3. The fourth-order valence-corrected chi connectivity index (χ4v) is 0.998. The Balaban J connectivity index is 2.35. The van der Waals surface area contributed by atoms with Gasteiger partial charge in [0.2, 0.25) is 0 Å². The standard InChI is InChI=1S/C5H8N4S/c6-5(7)10-3-4-1-8-9-2-4/h1-2H,3H2,(H3,6,7)(H,8,9). The lowest BCUT2D eigenvalue weighted by Crippen LogP contribution is -2.03. The Morgan fingerprint density at radius 2 is 2.70 bits per heavy atom. The number of aromatic amines is 1. The highest BCUT2D eigenvalue weighted by Gasteiger charge is 1.94. The molecule has 1 aromatic rings. The number of nitrogens with two attached hydrogens (primary N) is 1. The van der Waals surface area contributed by atoms with Crippen LogP contribution in [0.2, 0.25) is 0 Å². The molecule has 54 valence electrons. The zero-order valence-electron chi connectivity index (χ0n) is 5.29. The lowest BCUT2D eigenvalue weighted by atomic mass is 10.4. The van der Waals surface area contributed by atoms with E-state index in [1.165, 1.54) is 11.8 Å². The first-order valence-corrected chi connectivity index (χ1v) is 3.72. The molecule has 5 heteroatoms. The van der Waals surface area contributed by atoms with Gasteiger partial charge in [-0.15, -0.1) is 0 Å². The van der Waals surface area contributed by atoms with Crippen molar-refractivity contribution >= 4 is 16.9 Å². The van der Waals surface area contributed by atoms with Crippen molar-refractivity contribution in [2.24, 2.45) is 5.73 Å². The third kappa shape index (κ3) is 2.10. The highest BCUT2D eigenvalue weighted by Crippen LogP contribution is 2.08. The Labute approximate surface area is 62.7 Å². The van der Waals surface area contributed by atoms with E-state index in [4.69, 9.17) is 11.1 Å². The molecule has 1 aromatic heterocycles. The van der Waals surface area contributed by atoms with E-state index in [0.717, 1.165) is 5.56 Å². The van der Waals surface area contributed by atoms with Crippen LogP contribution in [0.3, 0.4) is 0 Å². The quantitative estimate of drug-likeness (QED) is 0.432. The molecule has 0 spiro atoms. The van der Waals surface area contributed by atoms with Crippen LogP contribution < -0.4 is 5.73 Å². The molecular formula is C5H8N4S. The maximum atomic E-state index is 6.91. The Morgan fingerprint density at radius 3 is 3.20 bits per heavy atom. The smallest absolute Gasteiger partial charge is 0.151 e. The molecule has 0 unspecified atom stereocenters. The van der Waals surface area contributed by atoms with Crippen molar-refractivity contribution in [3.63, 3.8) is 0 Å². The molecule has 4 nitrogen and oxygen atoms in total. The average Bonchev–Trinajstić information content (AvgIpc) is 2.34. The zero-order valence-corrected chi connectivity index (χ0v) is 6.11. The van der Waals surface area contributed by atoms with E-state index in [1.807, 2.05) is 0 Å². The summed E-state index contributed by atoms with van der Waals surface area (Å²) in [6, 6.07) is 0. The summed E-state index contributed by atoms with van der Waals surface area (Å²) in [6.07, 6.45) is 3.51. The summed E-state index contributed by atoms with van der Waals surface area (Å²) >= 11 is 1.29. The van der Waals surface area contributed by atoms with E-state index in [0.29, 0.717) is 5.75 Å². The molecule has 0 aliphatic carbocycles. The number of H-pyrrole nitrogens is 1. The third-order valence-electron chi connectivity index (χ3n) is 0.949. The van der Waals surface area contributed by atoms with Crippen LogP contribution in [0.1, 0.15) is 5.56 Å². The average molecular weight is 156 g/mol. The number of nitrogens with zero attached hydrogens (tertiary/aromatic N) is 1. The van der Waals surface area contributed by atoms with Gasteiger partial charge >= 0.3 is 0 Å². The maximum absolute atomic E-state index is 6.91. The van der Waals surface area contributed by atoms with E-state index >= 15 is 0 Å². The second-order valence-corrected chi connectivity index (χ2v) is 2.78. The minimum absolute atomic E-state index is 0.140. The Kier molecular flexibility index (Phi) is 2.33. The normalized spacial score (nSPS) is 9.60. The number of thioether (sulfide) groups is 1. The number of nitrogens with one attached hydrogen (secondary N) is 2. The van der Waals surface area contributed by atoms with Gasteiger partial charge in [0.15, 0.2) is 5.17 Å². The molecule has 4 N–H and O–H groups in total. The number of rotatable bonds is 2. The summed E-state index contributed by atoms with van der Waals surface area (Å²) in [5.41, 5.74) is 6.18. The largest absolute Gasteiger partial charge is 0.379 e. The van der Waals surface area contributed by atoms with E-state index in [2.05, 4.69) is 10.2 Å². The van der Waals surface area contributed by atoms with Crippen LogP contribution in [0, 0.1) is 5.41 Å². The Hall–Kier alpha value is -0.970. The molecule has 0 atom stereocenters. The first-order chi connectivity index (χ1) is 4.79. The van der Waals surface area contributed by atoms with Crippen LogP contribution in [0.5, 0.6) is 0 Å². The lowest BCUT2D eigenvalue weighted by molar-refractivity contribution is 1.09. The monoisotopic (exact) mass is 156 g/mol. The van der Waals surface area contributed by atoms with Crippen LogP contribution in [0.4, 0.5) is 0 Å². The molecule has 1 rings (SSSR count). The van der Waals surface area contributed by atoms with Crippen LogP contribution in [0.25, 0.3) is 0 Å². The summed E-state index contributed by atoms with van der Waals surface area (Å²) < 4.78 is 0. The van der Waals surface area contributed by atoms with Gasteiger partial charge in [-0.1, -0.05) is 11.8 Å². The molecule has 0 aliphatic heterocycles. The molecule has 0 saturated heterocycles. The number of aromatic nitrogens is 2. The van der Waals surface area contributed by atoms with Crippen molar-refractivity contribution in [3.05, 3.63) is 18.0 Å². The topological polar surface area (TPSA) is 78.6 Å². The van der Waals surface area contributed by atoms with Crippen molar-refractivity contribution in [3.8, 4) is 0 Å². The minimum atomic E-state index is 0.140. The molecular weight excluding hydrogens is 148 g/mol. The van der Waals surface area contributed by atoms with Gasteiger partial charge in [0.25, 0.3) is 0 Å². The highest BCUT2D eigenvalue weighted by atomic mass is 32.2. The minimum Gasteiger partial charge on any atom is -0.379 e. The summed E-state index contributed by atoms with van der Waals surface area (Å²) in [4.78, 5) is 0. The second kappa shape index (κ2) is 3.26. The highest BCUT2D eigenvalue weighted by molar-refractivity contribution is 8.13. The lowest BCUT2D eigenvalue weighted by Gasteiger charge is -1.92. The maximum Gasteiger partial charge on any atom is 0.151 e.